The predicted octanol–water partition coefficient (Wildman–Crippen LogP) is 1.77. The predicted molar refractivity (Wildman–Crippen MR) is 76.7 cm³/mol. The molecule has 19 heavy (non-hydrogen) atoms. The fourth-order valence-corrected chi connectivity index (χ4v) is 1.81. The molecule has 1 amide bonds. The fourth-order valence-electron chi connectivity index (χ4n) is 1.81. The lowest BCUT2D eigenvalue weighted by Crippen LogP contribution is -2.31. The van der Waals surface area contributed by atoms with Crippen molar-refractivity contribution in [1.29, 1.82) is 0 Å². The van der Waals surface area contributed by atoms with E-state index in [9.17, 15) is 4.79 Å². The summed E-state index contributed by atoms with van der Waals surface area (Å²) in [6, 6.07) is 11.5. The summed E-state index contributed by atoms with van der Waals surface area (Å²) in [6.45, 7) is 1.49. The molecule has 0 bridgehead atoms. The van der Waals surface area contributed by atoms with Crippen molar-refractivity contribution in [3.05, 3.63) is 54.4 Å². The molecule has 0 aliphatic heterocycles. The molecular formula is C15H19N3O. The van der Waals surface area contributed by atoms with E-state index in [1.807, 2.05) is 72.4 Å². The summed E-state index contributed by atoms with van der Waals surface area (Å²) in [6.07, 6.45) is 3.92. The zero-order valence-electron chi connectivity index (χ0n) is 11.3. The highest BCUT2D eigenvalue weighted by Gasteiger charge is 2.06. The number of hydrogen-bond acceptors (Lipinski definition) is 2. The lowest BCUT2D eigenvalue weighted by Gasteiger charge is -2.11. The van der Waals surface area contributed by atoms with E-state index in [2.05, 4.69) is 5.32 Å². The van der Waals surface area contributed by atoms with Gasteiger partial charge in [-0.1, -0.05) is 6.07 Å². The first-order valence-electron chi connectivity index (χ1n) is 6.33. The van der Waals surface area contributed by atoms with Crippen molar-refractivity contribution in [1.82, 2.24) is 14.8 Å². The SMILES string of the molecule is CN(C)CCNC(=O)c1cccc(-n2cccc2)c1. The van der Waals surface area contributed by atoms with Gasteiger partial charge in [0.15, 0.2) is 0 Å². The van der Waals surface area contributed by atoms with Crippen LogP contribution in [0.15, 0.2) is 48.8 Å². The number of rotatable bonds is 5. The van der Waals surface area contributed by atoms with Crippen LogP contribution in [0, 0.1) is 0 Å². The smallest absolute Gasteiger partial charge is 0.251 e. The van der Waals surface area contributed by atoms with E-state index >= 15 is 0 Å². The van der Waals surface area contributed by atoms with Crippen molar-refractivity contribution in [3.8, 4) is 5.69 Å². The molecule has 100 valence electrons. The topological polar surface area (TPSA) is 37.3 Å². The van der Waals surface area contributed by atoms with Gasteiger partial charge in [0, 0.05) is 36.7 Å². The largest absolute Gasteiger partial charge is 0.351 e. The monoisotopic (exact) mass is 257 g/mol. The zero-order valence-corrected chi connectivity index (χ0v) is 11.3. The minimum Gasteiger partial charge on any atom is -0.351 e. The van der Waals surface area contributed by atoms with Crippen molar-refractivity contribution in [2.45, 2.75) is 0 Å². The van der Waals surface area contributed by atoms with Crippen LogP contribution in [0.2, 0.25) is 0 Å². The van der Waals surface area contributed by atoms with Gasteiger partial charge in [-0.25, -0.2) is 0 Å². The number of likely N-dealkylation sites (N-methyl/N-ethyl adjacent to an activating group) is 1. The summed E-state index contributed by atoms with van der Waals surface area (Å²) >= 11 is 0. The second-order valence-electron chi connectivity index (χ2n) is 4.70. The van der Waals surface area contributed by atoms with Crippen molar-refractivity contribution in [2.75, 3.05) is 27.2 Å². The first kappa shape index (κ1) is 13.4. The number of nitrogens with zero attached hydrogens (tertiary/aromatic N) is 2. The normalized spacial score (nSPS) is 10.7. The van der Waals surface area contributed by atoms with Crippen molar-refractivity contribution < 1.29 is 4.79 Å². The lowest BCUT2D eigenvalue weighted by molar-refractivity contribution is 0.0951. The summed E-state index contributed by atoms with van der Waals surface area (Å²) in [5, 5.41) is 2.91. The van der Waals surface area contributed by atoms with Gasteiger partial charge in [0.1, 0.15) is 0 Å². The molecule has 1 aromatic carbocycles. The zero-order chi connectivity index (χ0) is 13.7. The van der Waals surface area contributed by atoms with Gasteiger partial charge in [-0.05, 0) is 44.4 Å². The summed E-state index contributed by atoms with van der Waals surface area (Å²) in [5.74, 6) is -0.0316. The van der Waals surface area contributed by atoms with Crippen LogP contribution in [-0.4, -0.2) is 42.6 Å². The number of aromatic nitrogens is 1. The van der Waals surface area contributed by atoms with Crippen LogP contribution in [-0.2, 0) is 0 Å². The number of carbonyl (C=O) groups is 1. The third kappa shape index (κ3) is 3.69. The molecule has 1 N–H and O–H groups in total. The van der Waals surface area contributed by atoms with E-state index in [0.717, 1.165) is 12.2 Å². The Morgan fingerprint density at radius 3 is 2.63 bits per heavy atom. The van der Waals surface area contributed by atoms with Crippen LogP contribution in [0.25, 0.3) is 5.69 Å². The maximum absolute atomic E-state index is 12.0. The number of nitrogens with one attached hydrogen (secondary N) is 1. The molecule has 0 aliphatic carbocycles. The van der Waals surface area contributed by atoms with Crippen LogP contribution in [0.1, 0.15) is 10.4 Å². The molecule has 0 radical (unpaired) electrons. The van der Waals surface area contributed by atoms with E-state index < -0.39 is 0 Å². The minimum absolute atomic E-state index is 0.0316. The lowest BCUT2D eigenvalue weighted by atomic mass is 10.2. The van der Waals surface area contributed by atoms with Crippen LogP contribution < -0.4 is 5.32 Å². The maximum Gasteiger partial charge on any atom is 0.251 e. The highest BCUT2D eigenvalue weighted by molar-refractivity contribution is 5.94. The average Bonchev–Trinajstić information content (AvgIpc) is 2.92. The number of amides is 1. The fraction of sp³-hybridized carbons (Fsp3) is 0.267. The van der Waals surface area contributed by atoms with E-state index in [1.54, 1.807) is 0 Å². The van der Waals surface area contributed by atoms with E-state index in [4.69, 9.17) is 0 Å². The van der Waals surface area contributed by atoms with Crippen molar-refractivity contribution >= 4 is 5.91 Å². The summed E-state index contributed by atoms with van der Waals surface area (Å²) in [7, 11) is 3.97. The Hall–Kier alpha value is -2.07. The van der Waals surface area contributed by atoms with E-state index in [0.29, 0.717) is 12.1 Å². The summed E-state index contributed by atoms with van der Waals surface area (Å²) < 4.78 is 1.98. The van der Waals surface area contributed by atoms with E-state index in [-0.39, 0.29) is 5.91 Å². The van der Waals surface area contributed by atoms with Gasteiger partial charge in [0.25, 0.3) is 5.91 Å². The maximum atomic E-state index is 12.0. The Morgan fingerprint density at radius 1 is 1.21 bits per heavy atom. The van der Waals surface area contributed by atoms with Gasteiger partial charge in [-0.2, -0.15) is 0 Å². The number of benzene rings is 1. The van der Waals surface area contributed by atoms with Crippen LogP contribution in [0.3, 0.4) is 0 Å². The van der Waals surface area contributed by atoms with Gasteiger partial charge < -0.3 is 14.8 Å². The first-order valence-corrected chi connectivity index (χ1v) is 6.33. The molecular weight excluding hydrogens is 238 g/mol. The average molecular weight is 257 g/mol. The Bertz CT molecular complexity index is 532. The van der Waals surface area contributed by atoms with Gasteiger partial charge in [-0.15, -0.1) is 0 Å². The minimum atomic E-state index is -0.0316. The Labute approximate surface area is 113 Å². The Morgan fingerprint density at radius 2 is 1.95 bits per heavy atom. The first-order chi connectivity index (χ1) is 9.16. The third-order valence-corrected chi connectivity index (χ3v) is 2.86. The van der Waals surface area contributed by atoms with Gasteiger partial charge in [-0.3, -0.25) is 4.79 Å². The number of hydrogen-bond donors (Lipinski definition) is 1. The molecule has 0 spiro atoms. The molecule has 2 aromatic rings. The standard InChI is InChI=1S/C15H19N3O/c1-17(2)11-8-16-15(19)13-6-5-7-14(12-13)18-9-3-4-10-18/h3-7,9-10,12H,8,11H2,1-2H3,(H,16,19). The summed E-state index contributed by atoms with van der Waals surface area (Å²) in [5.41, 5.74) is 1.68. The van der Waals surface area contributed by atoms with Gasteiger partial charge >= 0.3 is 0 Å². The molecule has 2 rings (SSSR count). The highest BCUT2D eigenvalue weighted by atomic mass is 16.1. The van der Waals surface area contributed by atoms with Crippen LogP contribution in [0.4, 0.5) is 0 Å². The second kappa shape index (κ2) is 6.20. The molecule has 0 atom stereocenters. The van der Waals surface area contributed by atoms with Crippen molar-refractivity contribution in [3.63, 3.8) is 0 Å². The van der Waals surface area contributed by atoms with Gasteiger partial charge in [0.05, 0.1) is 0 Å². The molecule has 0 aliphatic rings. The van der Waals surface area contributed by atoms with Gasteiger partial charge in [0.2, 0.25) is 0 Å². The Kier molecular flexibility index (Phi) is 4.36. The molecule has 0 fully saturated rings. The summed E-state index contributed by atoms with van der Waals surface area (Å²) in [4.78, 5) is 14.0. The quantitative estimate of drug-likeness (QED) is 0.886. The number of carbonyl (C=O) groups excluding carboxylic acids is 1. The molecule has 4 nitrogen and oxygen atoms in total. The molecule has 1 heterocycles. The molecule has 1 aromatic heterocycles. The third-order valence-electron chi connectivity index (χ3n) is 2.86. The molecule has 0 saturated carbocycles. The molecule has 0 saturated heterocycles. The molecule has 0 unspecified atom stereocenters. The van der Waals surface area contributed by atoms with E-state index in [1.165, 1.54) is 0 Å². The molecule has 4 heteroatoms. The second-order valence-corrected chi connectivity index (χ2v) is 4.70. The van der Waals surface area contributed by atoms with Crippen LogP contribution in [0.5, 0.6) is 0 Å². The van der Waals surface area contributed by atoms with Crippen LogP contribution >= 0.6 is 0 Å². The van der Waals surface area contributed by atoms with Crippen molar-refractivity contribution in [2.24, 2.45) is 0 Å². The Balaban J connectivity index is 2.04. The highest BCUT2D eigenvalue weighted by Crippen LogP contribution is 2.10.